The molecule has 4 heteroatoms. The van der Waals surface area contributed by atoms with Gasteiger partial charge in [0.15, 0.2) is 0 Å². The molecule has 0 saturated heterocycles. The summed E-state index contributed by atoms with van der Waals surface area (Å²) in [6.45, 7) is 3.97. The van der Waals surface area contributed by atoms with Crippen molar-refractivity contribution in [1.82, 2.24) is 14.9 Å². The number of imidazole rings is 1. The van der Waals surface area contributed by atoms with Gasteiger partial charge in [-0.15, -0.1) is 0 Å². The summed E-state index contributed by atoms with van der Waals surface area (Å²) in [6.07, 6.45) is 1.11. The molecular weight excluding hydrogens is 214 g/mol. The lowest BCUT2D eigenvalue weighted by Gasteiger charge is -2.07. The van der Waals surface area contributed by atoms with Crippen molar-refractivity contribution in [1.29, 1.82) is 0 Å². The van der Waals surface area contributed by atoms with E-state index in [2.05, 4.69) is 27.9 Å². The zero-order chi connectivity index (χ0) is 12.3. The highest BCUT2D eigenvalue weighted by Gasteiger charge is 2.09. The molecule has 4 nitrogen and oxygen atoms in total. The van der Waals surface area contributed by atoms with Crippen molar-refractivity contribution in [3.05, 3.63) is 24.0 Å². The molecule has 0 amide bonds. The maximum Gasteiger partial charge on any atom is 0.123 e. The molecule has 2 aromatic rings. The quantitative estimate of drug-likeness (QED) is 0.860. The molecule has 0 saturated carbocycles. The number of hydrogen-bond acceptors (Lipinski definition) is 3. The number of ether oxygens (including phenoxy) is 1. The Morgan fingerprint density at radius 1 is 1.41 bits per heavy atom. The summed E-state index contributed by atoms with van der Waals surface area (Å²) < 4.78 is 7.50. The molecule has 0 radical (unpaired) electrons. The Labute approximate surface area is 102 Å². The topological polar surface area (TPSA) is 39.1 Å². The summed E-state index contributed by atoms with van der Waals surface area (Å²) in [5, 5.41) is 3.16. The fraction of sp³-hybridized carbons (Fsp3) is 0.462. The van der Waals surface area contributed by atoms with Crippen LogP contribution in [0.5, 0.6) is 5.75 Å². The van der Waals surface area contributed by atoms with E-state index >= 15 is 0 Å². The minimum atomic E-state index is 0.789. The Morgan fingerprint density at radius 3 is 2.88 bits per heavy atom. The first-order valence-corrected chi connectivity index (χ1v) is 5.98. The monoisotopic (exact) mass is 233 g/mol. The van der Waals surface area contributed by atoms with Crippen LogP contribution >= 0.6 is 0 Å². The van der Waals surface area contributed by atoms with Crippen LogP contribution in [0, 0.1) is 0 Å². The molecule has 2 rings (SSSR count). The van der Waals surface area contributed by atoms with Crippen LogP contribution in [0.25, 0.3) is 11.0 Å². The third kappa shape index (κ3) is 2.26. The molecular formula is C13H19N3O. The summed E-state index contributed by atoms with van der Waals surface area (Å²) >= 11 is 0. The Balaban J connectivity index is 2.52. The van der Waals surface area contributed by atoms with Gasteiger partial charge in [0.1, 0.15) is 11.6 Å². The van der Waals surface area contributed by atoms with Gasteiger partial charge in [0, 0.05) is 12.6 Å². The second-order valence-corrected chi connectivity index (χ2v) is 4.06. The predicted molar refractivity (Wildman–Crippen MR) is 69.3 cm³/mol. The van der Waals surface area contributed by atoms with Crippen LogP contribution in [0.3, 0.4) is 0 Å². The zero-order valence-electron chi connectivity index (χ0n) is 10.7. The highest BCUT2D eigenvalue weighted by Crippen LogP contribution is 2.22. The molecule has 92 valence electrons. The number of aryl methyl sites for hydroxylation is 1. The molecule has 17 heavy (non-hydrogen) atoms. The van der Waals surface area contributed by atoms with Gasteiger partial charge in [-0.05, 0) is 25.6 Å². The van der Waals surface area contributed by atoms with Crippen LogP contribution in [0.4, 0.5) is 0 Å². The number of fused-ring (bicyclic) bond motifs is 1. The molecule has 1 N–H and O–H groups in total. The average molecular weight is 233 g/mol. The fourth-order valence-corrected chi connectivity index (χ4v) is 2.05. The van der Waals surface area contributed by atoms with E-state index < -0.39 is 0 Å². The van der Waals surface area contributed by atoms with Crippen molar-refractivity contribution < 1.29 is 4.74 Å². The minimum Gasteiger partial charge on any atom is -0.497 e. The first-order chi connectivity index (χ1) is 8.30. The van der Waals surface area contributed by atoms with Crippen molar-refractivity contribution >= 4 is 11.0 Å². The van der Waals surface area contributed by atoms with Crippen LogP contribution in [0.2, 0.25) is 0 Å². The lowest BCUT2D eigenvalue weighted by molar-refractivity contribution is 0.415. The van der Waals surface area contributed by atoms with Crippen molar-refractivity contribution in [2.24, 2.45) is 0 Å². The van der Waals surface area contributed by atoms with Crippen LogP contribution in [0.15, 0.2) is 18.2 Å². The first kappa shape index (κ1) is 11.9. The van der Waals surface area contributed by atoms with Crippen LogP contribution in [-0.2, 0) is 13.1 Å². The zero-order valence-corrected chi connectivity index (χ0v) is 10.7. The number of nitrogens with zero attached hydrogens (tertiary/aromatic N) is 2. The molecule has 0 unspecified atom stereocenters. The van der Waals surface area contributed by atoms with E-state index in [0.29, 0.717) is 0 Å². The van der Waals surface area contributed by atoms with Gasteiger partial charge in [0.25, 0.3) is 0 Å². The lowest BCUT2D eigenvalue weighted by atomic mass is 10.3. The highest BCUT2D eigenvalue weighted by molar-refractivity contribution is 5.77. The van der Waals surface area contributed by atoms with Gasteiger partial charge in [-0.25, -0.2) is 4.98 Å². The summed E-state index contributed by atoms with van der Waals surface area (Å²) in [6, 6.07) is 6.05. The largest absolute Gasteiger partial charge is 0.497 e. The van der Waals surface area contributed by atoms with Crippen molar-refractivity contribution in [2.75, 3.05) is 14.2 Å². The van der Waals surface area contributed by atoms with Crippen LogP contribution in [-0.4, -0.2) is 23.7 Å². The van der Waals surface area contributed by atoms with Gasteiger partial charge in [-0.1, -0.05) is 6.92 Å². The number of rotatable bonds is 5. The van der Waals surface area contributed by atoms with Crippen molar-refractivity contribution in [2.45, 2.75) is 26.4 Å². The maximum atomic E-state index is 5.23. The Kier molecular flexibility index (Phi) is 3.64. The summed E-state index contributed by atoms with van der Waals surface area (Å²) in [7, 11) is 3.62. The van der Waals surface area contributed by atoms with E-state index in [9.17, 15) is 0 Å². The molecule has 1 aromatic heterocycles. The van der Waals surface area contributed by atoms with E-state index in [1.54, 1.807) is 7.11 Å². The summed E-state index contributed by atoms with van der Waals surface area (Å²) in [5.74, 6) is 1.94. The van der Waals surface area contributed by atoms with E-state index in [1.165, 1.54) is 5.52 Å². The summed E-state index contributed by atoms with van der Waals surface area (Å²) in [4.78, 5) is 4.65. The Bertz CT molecular complexity index is 505. The molecule has 0 atom stereocenters. The predicted octanol–water partition coefficient (Wildman–Crippen LogP) is 2.17. The first-order valence-electron chi connectivity index (χ1n) is 5.98. The van der Waals surface area contributed by atoms with Crippen LogP contribution < -0.4 is 10.1 Å². The minimum absolute atomic E-state index is 0.789. The number of aromatic nitrogens is 2. The molecule has 0 aliphatic heterocycles. The van der Waals surface area contributed by atoms with E-state index in [-0.39, 0.29) is 0 Å². The van der Waals surface area contributed by atoms with Gasteiger partial charge in [-0.2, -0.15) is 0 Å². The number of hydrogen-bond donors (Lipinski definition) is 1. The third-order valence-electron chi connectivity index (χ3n) is 2.82. The van der Waals surface area contributed by atoms with Crippen molar-refractivity contribution in [3.8, 4) is 5.75 Å². The standard InChI is InChI=1S/C13H19N3O/c1-4-7-16-12-6-5-10(17-3)8-11(12)15-13(16)9-14-2/h5-6,8,14H,4,7,9H2,1-3H3. The summed E-state index contributed by atoms with van der Waals surface area (Å²) in [5.41, 5.74) is 2.18. The van der Waals surface area contributed by atoms with Crippen molar-refractivity contribution in [3.63, 3.8) is 0 Å². The molecule has 1 aromatic carbocycles. The SMILES string of the molecule is CCCn1c(CNC)nc2cc(OC)ccc21. The smallest absolute Gasteiger partial charge is 0.123 e. The van der Waals surface area contributed by atoms with E-state index in [0.717, 1.165) is 36.6 Å². The molecule has 0 fully saturated rings. The molecule has 0 aliphatic rings. The van der Waals surface area contributed by atoms with Gasteiger partial charge in [0.05, 0.1) is 24.7 Å². The lowest BCUT2D eigenvalue weighted by Crippen LogP contribution is -2.12. The Hall–Kier alpha value is -1.55. The maximum absolute atomic E-state index is 5.23. The second-order valence-electron chi connectivity index (χ2n) is 4.06. The second kappa shape index (κ2) is 5.19. The number of benzene rings is 1. The fourth-order valence-electron chi connectivity index (χ4n) is 2.05. The van der Waals surface area contributed by atoms with E-state index in [4.69, 9.17) is 4.74 Å². The third-order valence-corrected chi connectivity index (χ3v) is 2.82. The number of methoxy groups -OCH3 is 1. The molecule has 0 aliphatic carbocycles. The highest BCUT2D eigenvalue weighted by atomic mass is 16.5. The van der Waals surface area contributed by atoms with Crippen LogP contribution in [0.1, 0.15) is 19.2 Å². The Morgan fingerprint density at radius 2 is 2.24 bits per heavy atom. The molecule has 1 heterocycles. The van der Waals surface area contributed by atoms with E-state index in [1.807, 2.05) is 19.2 Å². The van der Waals surface area contributed by atoms with Gasteiger partial charge < -0.3 is 14.6 Å². The van der Waals surface area contributed by atoms with Gasteiger partial charge in [-0.3, -0.25) is 0 Å². The molecule has 0 bridgehead atoms. The van der Waals surface area contributed by atoms with Gasteiger partial charge >= 0.3 is 0 Å². The number of nitrogens with one attached hydrogen (secondary N) is 1. The molecule has 0 spiro atoms. The van der Waals surface area contributed by atoms with Gasteiger partial charge in [0.2, 0.25) is 0 Å². The normalized spacial score (nSPS) is 11.0. The average Bonchev–Trinajstić information content (AvgIpc) is 2.68.